The summed E-state index contributed by atoms with van der Waals surface area (Å²) in [6.45, 7) is 5.20. The highest BCUT2D eigenvalue weighted by atomic mass is 15.2. The van der Waals surface area contributed by atoms with Crippen LogP contribution in [-0.4, -0.2) is 35.1 Å². The summed E-state index contributed by atoms with van der Waals surface area (Å²) in [6.07, 6.45) is 2.87. The normalized spacial score (nSPS) is 20.4. The summed E-state index contributed by atoms with van der Waals surface area (Å²) in [5.41, 5.74) is 7.13. The van der Waals surface area contributed by atoms with Gasteiger partial charge >= 0.3 is 0 Å². The van der Waals surface area contributed by atoms with Crippen molar-refractivity contribution in [1.82, 2.24) is 9.88 Å². The lowest BCUT2D eigenvalue weighted by molar-refractivity contribution is 0.0853. The molecule has 0 saturated carbocycles. The number of nitrogens with zero attached hydrogens (tertiary/aromatic N) is 2. The highest BCUT2D eigenvalue weighted by Gasteiger charge is 2.33. The van der Waals surface area contributed by atoms with Gasteiger partial charge in [0.15, 0.2) is 0 Å². The molecule has 1 saturated heterocycles. The molecule has 2 N–H and O–H groups in total. The first-order valence-corrected chi connectivity index (χ1v) is 5.07. The summed E-state index contributed by atoms with van der Waals surface area (Å²) in [5, 5.41) is 0. The quantitative estimate of drug-likeness (QED) is 0.763. The zero-order valence-corrected chi connectivity index (χ0v) is 8.61. The molecule has 0 spiro atoms. The minimum absolute atomic E-state index is 0.0458. The molecule has 1 fully saturated rings. The summed E-state index contributed by atoms with van der Waals surface area (Å²) in [5.74, 6) is 0. The van der Waals surface area contributed by atoms with E-state index in [0.29, 0.717) is 0 Å². The van der Waals surface area contributed by atoms with Gasteiger partial charge in [-0.1, -0.05) is 6.07 Å². The summed E-state index contributed by atoms with van der Waals surface area (Å²) in [4.78, 5) is 6.66. The molecule has 1 aliphatic rings. The Morgan fingerprint density at radius 3 is 2.86 bits per heavy atom. The molecule has 0 bridgehead atoms. The van der Waals surface area contributed by atoms with E-state index in [1.165, 1.54) is 0 Å². The molecule has 1 aromatic rings. The van der Waals surface area contributed by atoms with Crippen molar-refractivity contribution >= 4 is 0 Å². The molecule has 3 heteroatoms. The van der Waals surface area contributed by atoms with Gasteiger partial charge in [-0.25, -0.2) is 0 Å². The van der Waals surface area contributed by atoms with E-state index in [1.54, 1.807) is 0 Å². The van der Waals surface area contributed by atoms with Crippen LogP contribution in [0.25, 0.3) is 0 Å². The third kappa shape index (κ3) is 2.30. The largest absolute Gasteiger partial charge is 0.323 e. The van der Waals surface area contributed by atoms with Gasteiger partial charge in [0.05, 0.1) is 0 Å². The number of nitrogens with two attached hydrogens (primary N) is 1. The number of hydrogen-bond donors (Lipinski definition) is 1. The average Bonchev–Trinajstić information content (AvgIpc) is 2.13. The molecular weight excluding hydrogens is 174 g/mol. The number of likely N-dealkylation sites (tertiary alicyclic amines) is 1. The molecule has 1 aliphatic heterocycles. The van der Waals surface area contributed by atoms with Crippen molar-refractivity contribution in [3.05, 3.63) is 30.1 Å². The Kier molecular flexibility index (Phi) is 2.52. The Bertz CT molecular complexity index is 287. The van der Waals surface area contributed by atoms with E-state index < -0.39 is 0 Å². The molecule has 3 nitrogen and oxygen atoms in total. The Labute approximate surface area is 84.9 Å². The van der Waals surface area contributed by atoms with Gasteiger partial charge in [0, 0.05) is 43.5 Å². The predicted molar refractivity (Wildman–Crippen MR) is 57.0 cm³/mol. The molecule has 0 aromatic carbocycles. The maximum absolute atomic E-state index is 5.92. The van der Waals surface area contributed by atoms with Crippen LogP contribution >= 0.6 is 0 Å². The van der Waals surface area contributed by atoms with Gasteiger partial charge in [0.1, 0.15) is 0 Å². The van der Waals surface area contributed by atoms with Crippen LogP contribution in [0.4, 0.5) is 0 Å². The van der Waals surface area contributed by atoms with E-state index in [9.17, 15) is 0 Å². The zero-order chi connectivity index (χ0) is 10.0. The first kappa shape index (κ1) is 9.62. The third-order valence-corrected chi connectivity index (χ3v) is 2.58. The average molecular weight is 191 g/mol. The fourth-order valence-corrected chi connectivity index (χ4v) is 1.95. The lowest BCUT2D eigenvalue weighted by atomic mass is 9.93. The van der Waals surface area contributed by atoms with Crippen molar-refractivity contribution in [3.8, 4) is 0 Å². The van der Waals surface area contributed by atoms with E-state index >= 15 is 0 Å². The third-order valence-electron chi connectivity index (χ3n) is 2.58. The lowest BCUT2D eigenvalue weighted by Gasteiger charge is -2.45. The van der Waals surface area contributed by atoms with Crippen LogP contribution in [0.1, 0.15) is 12.6 Å². The summed E-state index contributed by atoms with van der Waals surface area (Å²) < 4.78 is 0. The van der Waals surface area contributed by atoms with E-state index in [4.69, 9.17) is 5.73 Å². The molecule has 0 amide bonds. The lowest BCUT2D eigenvalue weighted by Crippen LogP contribution is -2.65. The van der Waals surface area contributed by atoms with Gasteiger partial charge in [0.25, 0.3) is 0 Å². The van der Waals surface area contributed by atoms with Crippen LogP contribution in [0, 0.1) is 0 Å². The van der Waals surface area contributed by atoms with Gasteiger partial charge in [-0.05, 0) is 19.1 Å². The Morgan fingerprint density at radius 1 is 1.50 bits per heavy atom. The molecule has 2 heterocycles. The number of rotatable bonds is 3. The van der Waals surface area contributed by atoms with E-state index in [2.05, 4.69) is 22.9 Å². The highest BCUT2D eigenvalue weighted by Crippen LogP contribution is 2.16. The maximum Gasteiger partial charge on any atom is 0.0416 e. The first-order chi connectivity index (χ1) is 6.66. The summed E-state index contributed by atoms with van der Waals surface area (Å²) in [7, 11) is 0. The van der Waals surface area contributed by atoms with Crippen molar-refractivity contribution in [1.29, 1.82) is 0 Å². The molecule has 0 atom stereocenters. The van der Waals surface area contributed by atoms with Crippen molar-refractivity contribution in [2.75, 3.05) is 19.6 Å². The topological polar surface area (TPSA) is 42.1 Å². The second kappa shape index (κ2) is 3.67. The Morgan fingerprint density at radius 2 is 2.29 bits per heavy atom. The van der Waals surface area contributed by atoms with Crippen LogP contribution in [0.2, 0.25) is 0 Å². The zero-order valence-electron chi connectivity index (χ0n) is 8.61. The maximum atomic E-state index is 5.92. The second-order valence-corrected chi connectivity index (χ2v) is 4.44. The minimum atomic E-state index is 0.0458. The second-order valence-electron chi connectivity index (χ2n) is 4.44. The number of pyridine rings is 1. The number of hydrogen-bond acceptors (Lipinski definition) is 3. The SMILES string of the molecule is CC1(N)CN(CCc2ccccn2)C1. The molecule has 1 aromatic heterocycles. The van der Waals surface area contributed by atoms with Gasteiger partial charge in [0.2, 0.25) is 0 Å². The van der Waals surface area contributed by atoms with Gasteiger partial charge < -0.3 is 5.73 Å². The van der Waals surface area contributed by atoms with E-state index in [-0.39, 0.29) is 5.54 Å². The molecular formula is C11H17N3. The van der Waals surface area contributed by atoms with Gasteiger partial charge in [-0.3, -0.25) is 9.88 Å². The molecule has 76 valence electrons. The monoisotopic (exact) mass is 191 g/mol. The van der Waals surface area contributed by atoms with Crippen molar-refractivity contribution < 1.29 is 0 Å². The van der Waals surface area contributed by atoms with Crippen molar-refractivity contribution in [3.63, 3.8) is 0 Å². The van der Waals surface area contributed by atoms with Gasteiger partial charge in [-0.2, -0.15) is 0 Å². The smallest absolute Gasteiger partial charge is 0.0416 e. The molecule has 0 radical (unpaired) electrons. The highest BCUT2D eigenvalue weighted by molar-refractivity contribution is 5.05. The minimum Gasteiger partial charge on any atom is -0.323 e. The van der Waals surface area contributed by atoms with Gasteiger partial charge in [-0.15, -0.1) is 0 Å². The molecule has 0 aliphatic carbocycles. The van der Waals surface area contributed by atoms with E-state index in [1.807, 2.05) is 18.3 Å². The van der Waals surface area contributed by atoms with Crippen LogP contribution in [0.15, 0.2) is 24.4 Å². The van der Waals surface area contributed by atoms with Crippen molar-refractivity contribution in [2.24, 2.45) is 5.73 Å². The summed E-state index contributed by atoms with van der Waals surface area (Å²) in [6, 6.07) is 6.05. The van der Waals surface area contributed by atoms with Crippen LogP contribution in [0.3, 0.4) is 0 Å². The molecule has 0 unspecified atom stereocenters. The fraction of sp³-hybridized carbons (Fsp3) is 0.545. The van der Waals surface area contributed by atoms with Crippen LogP contribution < -0.4 is 5.73 Å². The standard InChI is InChI=1S/C11H17N3/c1-11(12)8-14(9-11)7-5-10-4-2-3-6-13-10/h2-4,6H,5,7-9,12H2,1H3. The number of aromatic nitrogens is 1. The Balaban J connectivity index is 1.75. The summed E-state index contributed by atoms with van der Waals surface area (Å²) >= 11 is 0. The van der Waals surface area contributed by atoms with Crippen LogP contribution in [0.5, 0.6) is 0 Å². The molecule has 14 heavy (non-hydrogen) atoms. The van der Waals surface area contributed by atoms with Crippen molar-refractivity contribution in [2.45, 2.75) is 18.9 Å². The van der Waals surface area contributed by atoms with Crippen LogP contribution in [-0.2, 0) is 6.42 Å². The fourth-order valence-electron chi connectivity index (χ4n) is 1.95. The molecule has 2 rings (SSSR count). The van der Waals surface area contributed by atoms with E-state index in [0.717, 1.165) is 31.7 Å². The first-order valence-electron chi connectivity index (χ1n) is 5.07. The predicted octanol–water partition coefficient (Wildman–Crippen LogP) is 0.657. The Hall–Kier alpha value is -0.930.